The normalized spacial score (nSPS) is 13.0. The molecule has 1 aliphatic heterocycles. The van der Waals surface area contributed by atoms with Crippen molar-refractivity contribution in [1.82, 2.24) is 14.5 Å². The van der Waals surface area contributed by atoms with Gasteiger partial charge in [-0.25, -0.2) is 4.98 Å². The smallest absolute Gasteiger partial charge is 0.266 e. The first-order valence-corrected chi connectivity index (χ1v) is 13.9. The fraction of sp³-hybridized carbons (Fsp3) is 0.344. The molecule has 1 aliphatic rings. The summed E-state index contributed by atoms with van der Waals surface area (Å²) in [5.41, 5.74) is 1.59. The molecule has 0 fully saturated rings. The van der Waals surface area contributed by atoms with Crippen LogP contribution in [0.4, 0.5) is 0 Å². The Balaban J connectivity index is 1.66. The van der Waals surface area contributed by atoms with Gasteiger partial charge in [0.1, 0.15) is 11.6 Å². The standard InChI is InChI=1S/C32H35N3O5/c1-5-27(34(18-17-21(3)4)31(36)22-11-16-28-29(19-22)40-20-39-28)30-33-26-10-8-7-9-25(26)32(37)35(30)23-12-14-24(15-13-23)38-6-2/h7-16,19,21,27H,5-6,17-18,20H2,1-4H3. The topological polar surface area (TPSA) is 82.9 Å². The Kier molecular flexibility index (Phi) is 8.05. The van der Waals surface area contributed by atoms with Gasteiger partial charge in [-0.3, -0.25) is 14.2 Å². The van der Waals surface area contributed by atoms with E-state index in [4.69, 9.17) is 19.2 Å². The Labute approximate surface area is 234 Å². The van der Waals surface area contributed by atoms with Gasteiger partial charge in [-0.15, -0.1) is 0 Å². The molecule has 1 atom stereocenters. The highest BCUT2D eigenvalue weighted by Crippen LogP contribution is 2.34. The maximum atomic E-state index is 14.1. The van der Waals surface area contributed by atoms with Crippen LogP contribution in [-0.2, 0) is 0 Å². The molecule has 1 unspecified atom stereocenters. The van der Waals surface area contributed by atoms with Crippen molar-refractivity contribution in [2.45, 2.75) is 46.6 Å². The molecule has 0 aliphatic carbocycles. The number of amides is 1. The van der Waals surface area contributed by atoms with Crippen LogP contribution >= 0.6 is 0 Å². The van der Waals surface area contributed by atoms with E-state index in [1.807, 2.05) is 61.2 Å². The summed E-state index contributed by atoms with van der Waals surface area (Å²) < 4.78 is 18.3. The molecule has 0 N–H and O–H groups in total. The third kappa shape index (κ3) is 5.39. The molecule has 1 amide bonds. The number of hydrogen-bond acceptors (Lipinski definition) is 6. The van der Waals surface area contributed by atoms with Gasteiger partial charge in [0.2, 0.25) is 6.79 Å². The van der Waals surface area contributed by atoms with Crippen molar-refractivity contribution in [1.29, 1.82) is 0 Å². The Hall–Kier alpha value is -4.33. The van der Waals surface area contributed by atoms with E-state index in [2.05, 4.69) is 13.8 Å². The van der Waals surface area contributed by atoms with Gasteiger partial charge >= 0.3 is 0 Å². The maximum Gasteiger partial charge on any atom is 0.266 e. The minimum atomic E-state index is -0.458. The zero-order chi connectivity index (χ0) is 28.2. The largest absolute Gasteiger partial charge is 0.494 e. The number of benzene rings is 3. The minimum absolute atomic E-state index is 0.136. The zero-order valence-electron chi connectivity index (χ0n) is 23.4. The number of nitrogens with zero attached hydrogens (tertiary/aromatic N) is 3. The van der Waals surface area contributed by atoms with Crippen LogP contribution < -0.4 is 19.8 Å². The fourth-order valence-corrected chi connectivity index (χ4v) is 5.01. The number of hydrogen-bond donors (Lipinski definition) is 0. The van der Waals surface area contributed by atoms with E-state index in [0.29, 0.717) is 65.0 Å². The lowest BCUT2D eigenvalue weighted by atomic mass is 10.0. The minimum Gasteiger partial charge on any atom is -0.494 e. The predicted octanol–water partition coefficient (Wildman–Crippen LogP) is 6.15. The van der Waals surface area contributed by atoms with Gasteiger partial charge < -0.3 is 19.1 Å². The molecule has 0 spiro atoms. The van der Waals surface area contributed by atoms with E-state index in [-0.39, 0.29) is 18.3 Å². The van der Waals surface area contributed by atoms with Crippen LogP contribution in [0.5, 0.6) is 17.2 Å². The molecule has 2 heterocycles. The molecule has 8 heteroatoms. The lowest BCUT2D eigenvalue weighted by molar-refractivity contribution is 0.0648. The molecule has 0 bridgehead atoms. The summed E-state index contributed by atoms with van der Waals surface area (Å²) in [4.78, 5) is 35.0. The van der Waals surface area contributed by atoms with E-state index >= 15 is 0 Å². The van der Waals surface area contributed by atoms with Crippen LogP contribution in [0.15, 0.2) is 71.5 Å². The Morgan fingerprint density at radius 3 is 2.50 bits per heavy atom. The molecule has 4 aromatic rings. The van der Waals surface area contributed by atoms with Gasteiger partial charge in [-0.1, -0.05) is 32.9 Å². The maximum absolute atomic E-state index is 14.1. The number of carbonyl (C=O) groups is 1. The lowest BCUT2D eigenvalue weighted by Crippen LogP contribution is -2.39. The summed E-state index contributed by atoms with van der Waals surface area (Å²) in [6.45, 7) is 9.41. The molecule has 0 radical (unpaired) electrons. The van der Waals surface area contributed by atoms with E-state index in [1.165, 1.54) is 0 Å². The van der Waals surface area contributed by atoms with Crippen molar-refractivity contribution in [3.05, 3.63) is 88.5 Å². The SMILES string of the molecule is CCOc1ccc(-n2c(C(CC)N(CCC(C)C)C(=O)c3ccc4c(c3)OCO4)nc3ccccc3c2=O)cc1. The molecular weight excluding hydrogens is 506 g/mol. The fourth-order valence-electron chi connectivity index (χ4n) is 5.01. The van der Waals surface area contributed by atoms with Gasteiger partial charge in [-0.05, 0) is 80.3 Å². The Morgan fingerprint density at radius 1 is 1.02 bits per heavy atom. The van der Waals surface area contributed by atoms with Crippen molar-refractivity contribution in [3.63, 3.8) is 0 Å². The average Bonchev–Trinajstić information content (AvgIpc) is 3.44. The second-order valence-corrected chi connectivity index (χ2v) is 10.2. The van der Waals surface area contributed by atoms with Crippen LogP contribution in [0, 0.1) is 5.92 Å². The molecule has 0 saturated carbocycles. The highest BCUT2D eigenvalue weighted by Gasteiger charge is 2.30. The second-order valence-electron chi connectivity index (χ2n) is 10.2. The van der Waals surface area contributed by atoms with Crippen LogP contribution in [0.1, 0.15) is 62.8 Å². The third-order valence-electron chi connectivity index (χ3n) is 7.10. The number of aromatic nitrogens is 2. The van der Waals surface area contributed by atoms with Crippen LogP contribution in [0.3, 0.4) is 0 Å². The van der Waals surface area contributed by atoms with E-state index in [9.17, 15) is 9.59 Å². The number of rotatable bonds is 10. The number of ether oxygens (including phenoxy) is 3. The van der Waals surface area contributed by atoms with Crippen molar-refractivity contribution < 1.29 is 19.0 Å². The highest BCUT2D eigenvalue weighted by molar-refractivity contribution is 5.95. The van der Waals surface area contributed by atoms with Gasteiger partial charge in [0.05, 0.1) is 29.2 Å². The van der Waals surface area contributed by atoms with E-state index in [0.717, 1.165) is 12.2 Å². The van der Waals surface area contributed by atoms with Crippen molar-refractivity contribution in [2.24, 2.45) is 5.92 Å². The van der Waals surface area contributed by atoms with Gasteiger partial charge in [-0.2, -0.15) is 0 Å². The van der Waals surface area contributed by atoms with Gasteiger partial charge in [0.15, 0.2) is 11.5 Å². The number of para-hydroxylation sites is 1. The summed E-state index contributed by atoms with van der Waals surface area (Å²) >= 11 is 0. The zero-order valence-corrected chi connectivity index (χ0v) is 23.4. The first-order chi connectivity index (χ1) is 19.4. The third-order valence-corrected chi connectivity index (χ3v) is 7.10. The van der Waals surface area contributed by atoms with Gasteiger partial charge in [0, 0.05) is 12.1 Å². The van der Waals surface area contributed by atoms with Crippen molar-refractivity contribution >= 4 is 16.8 Å². The second kappa shape index (κ2) is 11.8. The summed E-state index contributed by atoms with van der Waals surface area (Å²) in [6, 6.07) is 19.5. The molecule has 1 aromatic heterocycles. The average molecular weight is 542 g/mol. The van der Waals surface area contributed by atoms with Crippen LogP contribution in [-0.4, -0.2) is 40.3 Å². The number of fused-ring (bicyclic) bond motifs is 2. The monoisotopic (exact) mass is 541 g/mol. The summed E-state index contributed by atoms with van der Waals surface area (Å²) in [5, 5.41) is 0.519. The first kappa shape index (κ1) is 27.2. The van der Waals surface area contributed by atoms with E-state index < -0.39 is 6.04 Å². The molecule has 3 aromatic carbocycles. The summed E-state index contributed by atoms with van der Waals surface area (Å²) in [6.07, 6.45) is 1.36. The van der Waals surface area contributed by atoms with Gasteiger partial charge in [0.25, 0.3) is 11.5 Å². The van der Waals surface area contributed by atoms with Crippen molar-refractivity contribution in [2.75, 3.05) is 19.9 Å². The van der Waals surface area contributed by atoms with Crippen LogP contribution in [0.2, 0.25) is 0 Å². The quantitative estimate of drug-likeness (QED) is 0.239. The first-order valence-electron chi connectivity index (χ1n) is 13.9. The predicted molar refractivity (Wildman–Crippen MR) is 155 cm³/mol. The molecule has 208 valence electrons. The summed E-state index contributed by atoms with van der Waals surface area (Å²) in [7, 11) is 0. The Morgan fingerprint density at radius 2 is 1.77 bits per heavy atom. The highest BCUT2D eigenvalue weighted by atomic mass is 16.7. The summed E-state index contributed by atoms with van der Waals surface area (Å²) in [5.74, 6) is 2.65. The molecule has 5 rings (SSSR count). The molecule has 40 heavy (non-hydrogen) atoms. The molecule has 0 saturated heterocycles. The van der Waals surface area contributed by atoms with Crippen LogP contribution in [0.25, 0.3) is 16.6 Å². The molecular formula is C32H35N3O5. The van der Waals surface area contributed by atoms with Crippen molar-refractivity contribution in [3.8, 4) is 22.9 Å². The number of carbonyl (C=O) groups excluding carboxylic acids is 1. The van der Waals surface area contributed by atoms with E-state index in [1.54, 1.807) is 28.8 Å². The Bertz CT molecular complexity index is 1560. The molecule has 8 nitrogen and oxygen atoms in total. The lowest BCUT2D eigenvalue weighted by Gasteiger charge is -2.33.